The van der Waals surface area contributed by atoms with Crippen LogP contribution in [0.25, 0.3) is 0 Å². The van der Waals surface area contributed by atoms with Crippen LogP contribution in [-0.2, 0) is 0 Å². The lowest BCUT2D eigenvalue weighted by Gasteiger charge is -2.26. The van der Waals surface area contributed by atoms with Gasteiger partial charge in [0.15, 0.2) is 0 Å². The van der Waals surface area contributed by atoms with E-state index in [-0.39, 0.29) is 6.04 Å². The molecule has 3 nitrogen and oxygen atoms in total. The summed E-state index contributed by atoms with van der Waals surface area (Å²) in [6, 6.07) is 8.65. The van der Waals surface area contributed by atoms with Crippen LogP contribution >= 0.6 is 0 Å². The molecule has 3 heteroatoms. The monoisotopic (exact) mass is 276 g/mol. The maximum Gasteiger partial charge on any atom is 0.119 e. The van der Waals surface area contributed by atoms with Crippen molar-refractivity contribution in [2.45, 2.75) is 57.9 Å². The van der Waals surface area contributed by atoms with Gasteiger partial charge in [0, 0.05) is 6.04 Å². The van der Waals surface area contributed by atoms with Gasteiger partial charge in [-0.2, -0.15) is 0 Å². The highest BCUT2D eigenvalue weighted by atomic mass is 16.5. The third kappa shape index (κ3) is 4.22. The van der Waals surface area contributed by atoms with Crippen LogP contribution in [0.3, 0.4) is 0 Å². The number of nitrogens with one attached hydrogen (secondary N) is 1. The highest BCUT2D eigenvalue weighted by Crippen LogP contribution is 2.34. The maximum atomic E-state index is 5.85. The predicted octanol–water partition coefficient (Wildman–Crippen LogP) is 3.95. The Morgan fingerprint density at radius 2 is 2.00 bits per heavy atom. The summed E-state index contributed by atoms with van der Waals surface area (Å²) in [6.45, 7) is 2.90. The summed E-state index contributed by atoms with van der Waals surface area (Å²) in [6.07, 6.45) is 8.97. The number of ether oxygens (including phenoxy) is 1. The Hall–Kier alpha value is -1.06. The number of benzene rings is 1. The van der Waals surface area contributed by atoms with Crippen LogP contribution in [-0.4, -0.2) is 6.61 Å². The fourth-order valence-corrected chi connectivity index (χ4v) is 3.17. The van der Waals surface area contributed by atoms with E-state index in [0.29, 0.717) is 5.92 Å². The smallest absolute Gasteiger partial charge is 0.119 e. The van der Waals surface area contributed by atoms with Crippen LogP contribution in [0.15, 0.2) is 24.3 Å². The fourth-order valence-electron chi connectivity index (χ4n) is 3.17. The molecule has 1 aliphatic rings. The lowest BCUT2D eigenvalue weighted by molar-refractivity contribution is 0.311. The van der Waals surface area contributed by atoms with Crippen molar-refractivity contribution >= 4 is 0 Å². The molecule has 1 saturated carbocycles. The first-order valence-corrected chi connectivity index (χ1v) is 8.04. The molecule has 112 valence electrons. The van der Waals surface area contributed by atoms with Gasteiger partial charge in [-0.3, -0.25) is 11.3 Å². The molecule has 0 amide bonds. The van der Waals surface area contributed by atoms with E-state index in [1.165, 1.54) is 44.1 Å². The normalized spacial score (nSPS) is 18.5. The summed E-state index contributed by atoms with van der Waals surface area (Å²) in [4.78, 5) is 0. The Bertz CT molecular complexity index is 386. The van der Waals surface area contributed by atoms with Gasteiger partial charge < -0.3 is 4.74 Å². The second kappa shape index (κ2) is 8.28. The zero-order valence-corrected chi connectivity index (χ0v) is 12.6. The third-order valence-electron chi connectivity index (χ3n) is 4.24. The number of hydrogen-bond acceptors (Lipinski definition) is 3. The average molecular weight is 276 g/mol. The van der Waals surface area contributed by atoms with E-state index in [1.54, 1.807) is 0 Å². The topological polar surface area (TPSA) is 47.3 Å². The molecule has 0 radical (unpaired) electrons. The molecule has 1 aromatic carbocycles. The zero-order valence-electron chi connectivity index (χ0n) is 12.6. The van der Waals surface area contributed by atoms with Crippen LogP contribution in [0.5, 0.6) is 5.75 Å². The van der Waals surface area contributed by atoms with Crippen molar-refractivity contribution in [1.82, 2.24) is 5.43 Å². The summed E-state index contributed by atoms with van der Waals surface area (Å²) in [5, 5.41) is 0. The van der Waals surface area contributed by atoms with Crippen LogP contribution in [0, 0.1) is 5.92 Å². The van der Waals surface area contributed by atoms with E-state index < -0.39 is 0 Å². The molecule has 1 atom stereocenters. The van der Waals surface area contributed by atoms with Crippen molar-refractivity contribution in [3.63, 3.8) is 0 Å². The Labute approximate surface area is 122 Å². The van der Waals surface area contributed by atoms with Crippen LogP contribution in [0.1, 0.15) is 63.5 Å². The number of nitrogens with two attached hydrogens (primary N) is 1. The SMILES string of the molecule is CCCOc1cccc(C(NN)C2CCCCCC2)c1. The second-order valence-electron chi connectivity index (χ2n) is 5.82. The van der Waals surface area contributed by atoms with E-state index in [4.69, 9.17) is 10.6 Å². The molecular weight excluding hydrogens is 248 g/mol. The van der Waals surface area contributed by atoms with E-state index in [0.717, 1.165) is 18.8 Å². The second-order valence-corrected chi connectivity index (χ2v) is 5.82. The molecule has 1 aromatic rings. The predicted molar refractivity (Wildman–Crippen MR) is 83.5 cm³/mol. The van der Waals surface area contributed by atoms with Crippen molar-refractivity contribution in [1.29, 1.82) is 0 Å². The van der Waals surface area contributed by atoms with Crippen molar-refractivity contribution in [3.8, 4) is 5.75 Å². The van der Waals surface area contributed by atoms with Crippen molar-refractivity contribution in [2.24, 2.45) is 11.8 Å². The number of hydrogen-bond donors (Lipinski definition) is 2. The Morgan fingerprint density at radius 3 is 2.65 bits per heavy atom. The fraction of sp³-hybridized carbons (Fsp3) is 0.647. The van der Waals surface area contributed by atoms with Gasteiger partial charge in [0.05, 0.1) is 6.61 Å². The van der Waals surface area contributed by atoms with Crippen LogP contribution in [0.4, 0.5) is 0 Å². The largest absolute Gasteiger partial charge is 0.494 e. The highest BCUT2D eigenvalue weighted by molar-refractivity contribution is 5.31. The lowest BCUT2D eigenvalue weighted by atomic mass is 9.87. The standard InChI is InChI=1S/C17H28N2O/c1-2-12-20-16-11-7-10-15(13-16)17(19-18)14-8-5-3-4-6-9-14/h7,10-11,13-14,17,19H,2-6,8-9,12,18H2,1H3. The highest BCUT2D eigenvalue weighted by Gasteiger charge is 2.23. The molecule has 3 N–H and O–H groups in total. The molecule has 20 heavy (non-hydrogen) atoms. The molecular formula is C17H28N2O. The molecule has 0 heterocycles. The minimum absolute atomic E-state index is 0.248. The summed E-state index contributed by atoms with van der Waals surface area (Å²) in [5.74, 6) is 7.45. The van der Waals surface area contributed by atoms with Gasteiger partial charge in [-0.15, -0.1) is 0 Å². The molecule has 0 bridgehead atoms. The lowest BCUT2D eigenvalue weighted by Crippen LogP contribution is -2.33. The molecule has 1 unspecified atom stereocenters. The van der Waals surface area contributed by atoms with Gasteiger partial charge in [0.1, 0.15) is 5.75 Å². The minimum atomic E-state index is 0.248. The number of rotatable bonds is 6. The van der Waals surface area contributed by atoms with Gasteiger partial charge in [-0.25, -0.2) is 0 Å². The third-order valence-corrected chi connectivity index (χ3v) is 4.24. The molecule has 2 rings (SSSR count). The van der Waals surface area contributed by atoms with E-state index in [1.807, 2.05) is 6.07 Å². The maximum absolute atomic E-state index is 5.85. The van der Waals surface area contributed by atoms with Crippen molar-refractivity contribution in [2.75, 3.05) is 6.61 Å². The van der Waals surface area contributed by atoms with E-state index in [2.05, 4.69) is 30.5 Å². The van der Waals surface area contributed by atoms with Crippen LogP contribution < -0.4 is 16.0 Å². The van der Waals surface area contributed by atoms with E-state index >= 15 is 0 Å². The molecule has 0 spiro atoms. The van der Waals surface area contributed by atoms with Gasteiger partial charge in [-0.1, -0.05) is 44.7 Å². The molecule has 1 aliphatic carbocycles. The van der Waals surface area contributed by atoms with Gasteiger partial charge in [-0.05, 0) is 42.9 Å². The molecule has 0 saturated heterocycles. The first-order chi connectivity index (χ1) is 9.85. The summed E-state index contributed by atoms with van der Waals surface area (Å²) >= 11 is 0. The van der Waals surface area contributed by atoms with Gasteiger partial charge >= 0.3 is 0 Å². The van der Waals surface area contributed by atoms with Crippen LogP contribution in [0.2, 0.25) is 0 Å². The van der Waals surface area contributed by atoms with Gasteiger partial charge in [0.2, 0.25) is 0 Å². The Kier molecular flexibility index (Phi) is 6.34. The average Bonchev–Trinajstić information content (AvgIpc) is 2.76. The van der Waals surface area contributed by atoms with Crippen molar-refractivity contribution in [3.05, 3.63) is 29.8 Å². The first-order valence-electron chi connectivity index (χ1n) is 8.04. The number of hydrazine groups is 1. The zero-order chi connectivity index (χ0) is 14.2. The summed E-state index contributed by atoms with van der Waals surface area (Å²) in [7, 11) is 0. The van der Waals surface area contributed by atoms with Crippen molar-refractivity contribution < 1.29 is 4.74 Å². The van der Waals surface area contributed by atoms with Gasteiger partial charge in [0.25, 0.3) is 0 Å². The quantitative estimate of drug-likeness (QED) is 0.470. The summed E-state index contributed by atoms with van der Waals surface area (Å²) < 4.78 is 5.73. The first kappa shape index (κ1) is 15.3. The Balaban J connectivity index is 2.09. The summed E-state index contributed by atoms with van der Waals surface area (Å²) in [5.41, 5.74) is 4.30. The molecule has 1 fully saturated rings. The molecule has 0 aliphatic heterocycles. The minimum Gasteiger partial charge on any atom is -0.494 e. The Morgan fingerprint density at radius 1 is 1.25 bits per heavy atom. The molecule has 0 aromatic heterocycles. The van der Waals surface area contributed by atoms with E-state index in [9.17, 15) is 0 Å².